The first-order chi connectivity index (χ1) is 8.66. The van der Waals surface area contributed by atoms with Gasteiger partial charge in [0, 0.05) is 32.2 Å². The monoisotopic (exact) mass is 274 g/mol. The van der Waals surface area contributed by atoms with Crippen LogP contribution in [-0.4, -0.2) is 72.5 Å². The third kappa shape index (κ3) is 5.05. The summed E-state index contributed by atoms with van der Waals surface area (Å²) in [5.74, 6) is 2.51. The third-order valence-corrected chi connectivity index (χ3v) is 4.71. The van der Waals surface area contributed by atoms with Crippen molar-refractivity contribution in [2.45, 2.75) is 31.4 Å². The molecule has 0 spiro atoms. The summed E-state index contributed by atoms with van der Waals surface area (Å²) < 4.78 is 5.33. The molecule has 0 saturated carbocycles. The highest BCUT2D eigenvalue weighted by Crippen LogP contribution is 2.17. The Morgan fingerprint density at radius 2 is 2.00 bits per heavy atom. The van der Waals surface area contributed by atoms with Crippen molar-refractivity contribution in [3.63, 3.8) is 0 Å². The normalized spacial score (nSPS) is 27.0. The van der Waals surface area contributed by atoms with Gasteiger partial charge in [-0.2, -0.15) is 11.8 Å². The van der Waals surface area contributed by atoms with Gasteiger partial charge in [-0.1, -0.05) is 0 Å². The minimum absolute atomic E-state index is 0.599. The zero-order valence-electron chi connectivity index (χ0n) is 11.4. The average molecular weight is 274 g/mol. The summed E-state index contributed by atoms with van der Waals surface area (Å²) in [7, 11) is 0. The Hall–Kier alpha value is 0.190. The molecule has 2 aliphatic heterocycles. The lowest BCUT2D eigenvalue weighted by Crippen LogP contribution is -2.52. The van der Waals surface area contributed by atoms with Crippen LogP contribution < -0.4 is 5.32 Å². The number of rotatable bonds is 5. The molecule has 18 heavy (non-hydrogen) atoms. The molecule has 1 unspecified atom stereocenters. The van der Waals surface area contributed by atoms with Gasteiger partial charge in [0.2, 0.25) is 0 Å². The highest BCUT2D eigenvalue weighted by Gasteiger charge is 2.26. The van der Waals surface area contributed by atoms with E-state index in [9.17, 15) is 5.11 Å². The van der Waals surface area contributed by atoms with Gasteiger partial charge < -0.3 is 15.2 Å². The van der Waals surface area contributed by atoms with Gasteiger partial charge in [0.25, 0.3) is 0 Å². The predicted molar refractivity (Wildman–Crippen MR) is 76.2 cm³/mol. The molecule has 5 heteroatoms. The van der Waals surface area contributed by atoms with Gasteiger partial charge in [-0.25, -0.2) is 0 Å². The van der Waals surface area contributed by atoms with Crippen LogP contribution in [0.3, 0.4) is 0 Å². The van der Waals surface area contributed by atoms with Crippen LogP contribution in [0.2, 0.25) is 0 Å². The maximum Gasteiger partial charge on any atom is 0.0869 e. The number of aliphatic hydroxyl groups is 1. The number of ether oxygens (including phenoxy) is 1. The molecule has 0 amide bonds. The smallest absolute Gasteiger partial charge is 0.0869 e. The van der Waals surface area contributed by atoms with Crippen LogP contribution in [0.4, 0.5) is 0 Å². The molecule has 0 bridgehead atoms. The Morgan fingerprint density at radius 1 is 1.33 bits per heavy atom. The Kier molecular flexibility index (Phi) is 5.76. The van der Waals surface area contributed by atoms with Crippen molar-refractivity contribution in [2.75, 3.05) is 50.9 Å². The van der Waals surface area contributed by atoms with E-state index in [4.69, 9.17) is 4.74 Å². The van der Waals surface area contributed by atoms with E-state index in [-0.39, 0.29) is 0 Å². The van der Waals surface area contributed by atoms with Crippen molar-refractivity contribution >= 4 is 11.8 Å². The summed E-state index contributed by atoms with van der Waals surface area (Å²) in [6.07, 6.45) is 2.47. The van der Waals surface area contributed by atoms with Crippen LogP contribution >= 0.6 is 11.8 Å². The van der Waals surface area contributed by atoms with Crippen LogP contribution in [0.1, 0.15) is 19.8 Å². The molecule has 4 nitrogen and oxygen atoms in total. The second-order valence-corrected chi connectivity index (χ2v) is 6.88. The van der Waals surface area contributed by atoms with Gasteiger partial charge in [0.1, 0.15) is 0 Å². The number of nitrogens with one attached hydrogen (secondary N) is 1. The van der Waals surface area contributed by atoms with E-state index in [2.05, 4.69) is 10.2 Å². The molecule has 2 saturated heterocycles. The van der Waals surface area contributed by atoms with Crippen molar-refractivity contribution in [2.24, 2.45) is 0 Å². The molecule has 2 rings (SSSR count). The average Bonchev–Trinajstić information content (AvgIpc) is 2.38. The lowest BCUT2D eigenvalue weighted by Gasteiger charge is -2.35. The predicted octanol–water partition coefficient (Wildman–Crippen LogP) is 0.555. The number of β-amino-alcohol motifs (C(OH)–C–C–N with tert-alkyl or cyclic N) is 1. The van der Waals surface area contributed by atoms with Gasteiger partial charge in [0.15, 0.2) is 0 Å². The van der Waals surface area contributed by atoms with Crippen molar-refractivity contribution in [1.29, 1.82) is 0 Å². The van der Waals surface area contributed by atoms with Crippen molar-refractivity contribution < 1.29 is 9.84 Å². The highest BCUT2D eigenvalue weighted by molar-refractivity contribution is 7.99. The summed E-state index contributed by atoms with van der Waals surface area (Å²) in [6, 6.07) is 0.599. The van der Waals surface area contributed by atoms with Crippen LogP contribution in [0.15, 0.2) is 0 Å². The molecule has 2 N–H and O–H groups in total. The third-order valence-electron chi connectivity index (χ3n) is 3.66. The van der Waals surface area contributed by atoms with Gasteiger partial charge >= 0.3 is 0 Å². The minimum Gasteiger partial charge on any atom is -0.388 e. The van der Waals surface area contributed by atoms with E-state index in [1.807, 2.05) is 18.7 Å². The van der Waals surface area contributed by atoms with Gasteiger partial charge in [-0.15, -0.1) is 0 Å². The molecule has 0 aromatic heterocycles. The Labute approximate surface area is 114 Å². The lowest BCUT2D eigenvalue weighted by atomic mass is 10.0. The van der Waals surface area contributed by atoms with Gasteiger partial charge in [-0.05, 0) is 31.3 Å². The highest BCUT2D eigenvalue weighted by atomic mass is 32.2. The van der Waals surface area contributed by atoms with E-state index < -0.39 is 5.60 Å². The van der Waals surface area contributed by atoms with Crippen molar-refractivity contribution in [3.8, 4) is 0 Å². The molecule has 2 heterocycles. The van der Waals surface area contributed by atoms with Gasteiger partial charge in [-0.3, -0.25) is 4.90 Å². The van der Waals surface area contributed by atoms with Crippen LogP contribution in [0, 0.1) is 0 Å². The van der Waals surface area contributed by atoms with Crippen LogP contribution in [0.5, 0.6) is 0 Å². The van der Waals surface area contributed by atoms with Crippen molar-refractivity contribution in [1.82, 2.24) is 10.2 Å². The summed E-state index contributed by atoms with van der Waals surface area (Å²) in [6.45, 7) is 6.84. The molecule has 2 fully saturated rings. The van der Waals surface area contributed by atoms with E-state index >= 15 is 0 Å². The second kappa shape index (κ2) is 7.10. The first-order valence-corrected chi connectivity index (χ1v) is 8.15. The molecule has 0 aliphatic carbocycles. The molecule has 0 radical (unpaired) electrons. The molecular formula is C13H26N2O2S. The van der Waals surface area contributed by atoms with E-state index in [1.165, 1.54) is 24.3 Å². The first kappa shape index (κ1) is 14.6. The summed E-state index contributed by atoms with van der Waals surface area (Å²) in [5.41, 5.74) is -0.637. The fraction of sp³-hybridized carbons (Fsp3) is 1.00. The SMILES string of the molecule is CC(O)(CNC1CCSCC1)CN1CCOCC1. The number of hydrogen-bond donors (Lipinski definition) is 2. The standard InChI is InChI=1S/C13H26N2O2S/c1-13(16,11-15-4-6-17-7-5-15)10-14-12-2-8-18-9-3-12/h12,14,16H,2-11H2,1H3. The zero-order valence-corrected chi connectivity index (χ0v) is 12.2. The van der Waals surface area contributed by atoms with Crippen LogP contribution in [0.25, 0.3) is 0 Å². The second-order valence-electron chi connectivity index (χ2n) is 5.65. The molecular weight excluding hydrogens is 248 g/mol. The number of thioether (sulfide) groups is 1. The minimum atomic E-state index is -0.637. The summed E-state index contributed by atoms with van der Waals surface area (Å²) in [4.78, 5) is 2.29. The largest absolute Gasteiger partial charge is 0.388 e. The summed E-state index contributed by atoms with van der Waals surface area (Å²) in [5, 5.41) is 14.0. The Balaban J connectivity index is 1.68. The maximum absolute atomic E-state index is 10.4. The zero-order chi connectivity index (χ0) is 12.8. The molecule has 0 aromatic rings. The first-order valence-electron chi connectivity index (χ1n) is 6.99. The Morgan fingerprint density at radius 3 is 2.67 bits per heavy atom. The van der Waals surface area contributed by atoms with Gasteiger partial charge in [0.05, 0.1) is 18.8 Å². The number of morpholine rings is 1. The molecule has 2 aliphatic rings. The molecule has 106 valence electrons. The Bertz CT molecular complexity index is 239. The topological polar surface area (TPSA) is 44.7 Å². The molecule has 0 aromatic carbocycles. The van der Waals surface area contributed by atoms with Crippen molar-refractivity contribution in [3.05, 3.63) is 0 Å². The fourth-order valence-corrected chi connectivity index (χ4v) is 3.67. The molecule has 1 atom stereocenters. The van der Waals surface area contributed by atoms with E-state index in [1.54, 1.807) is 0 Å². The van der Waals surface area contributed by atoms with E-state index in [0.717, 1.165) is 32.8 Å². The number of hydrogen-bond acceptors (Lipinski definition) is 5. The maximum atomic E-state index is 10.4. The number of nitrogens with zero attached hydrogens (tertiary/aromatic N) is 1. The lowest BCUT2D eigenvalue weighted by molar-refractivity contribution is -0.0229. The fourth-order valence-electron chi connectivity index (χ4n) is 2.56. The quantitative estimate of drug-likeness (QED) is 0.767. The van der Waals surface area contributed by atoms with E-state index in [0.29, 0.717) is 12.6 Å². The van der Waals surface area contributed by atoms with Crippen LogP contribution in [-0.2, 0) is 4.74 Å². The summed E-state index contributed by atoms with van der Waals surface area (Å²) >= 11 is 2.04.